The van der Waals surface area contributed by atoms with Crippen LogP contribution in [0.4, 0.5) is 0 Å². The average molecular weight is 367 g/mol. The topological polar surface area (TPSA) is 73.6 Å². The molecule has 0 amide bonds. The molecule has 3 rings (SSSR count). The minimum Gasteiger partial charge on any atom is -0.494 e. The van der Waals surface area contributed by atoms with Crippen molar-refractivity contribution >= 4 is 5.52 Å². The quantitative estimate of drug-likeness (QED) is 0.461. The van der Waals surface area contributed by atoms with Crippen LogP contribution in [0.1, 0.15) is 32.0 Å². The predicted octanol–water partition coefficient (Wildman–Crippen LogP) is 3.43. The molecular formula is C20H25N5O2. The summed E-state index contributed by atoms with van der Waals surface area (Å²) in [4.78, 5) is 9.20. The lowest BCUT2D eigenvalue weighted by atomic mass is 10.1. The summed E-state index contributed by atoms with van der Waals surface area (Å²) >= 11 is 0. The number of fused-ring (bicyclic) bond motifs is 1. The Morgan fingerprint density at radius 2 is 2.22 bits per heavy atom. The van der Waals surface area contributed by atoms with Crippen LogP contribution >= 0.6 is 0 Å². The molecule has 142 valence electrons. The first-order chi connectivity index (χ1) is 13.2. The van der Waals surface area contributed by atoms with Gasteiger partial charge in [0, 0.05) is 11.6 Å². The summed E-state index contributed by atoms with van der Waals surface area (Å²) in [5.74, 6) is 0.663. The highest BCUT2D eigenvalue weighted by Crippen LogP contribution is 2.32. The Morgan fingerprint density at radius 3 is 2.96 bits per heavy atom. The lowest BCUT2D eigenvalue weighted by molar-refractivity contribution is 0.290. The van der Waals surface area contributed by atoms with Crippen LogP contribution in [-0.2, 0) is 0 Å². The van der Waals surface area contributed by atoms with Crippen molar-refractivity contribution in [3.63, 3.8) is 0 Å². The van der Waals surface area contributed by atoms with Gasteiger partial charge in [-0.3, -0.25) is 4.98 Å². The van der Waals surface area contributed by atoms with E-state index in [0.717, 1.165) is 35.4 Å². The molecule has 3 aromatic rings. The Hall–Kier alpha value is -2.93. The average Bonchev–Trinajstić information content (AvgIpc) is 3.16. The molecule has 1 unspecified atom stereocenters. The molecule has 0 spiro atoms. The van der Waals surface area contributed by atoms with Crippen molar-refractivity contribution in [1.82, 2.24) is 24.9 Å². The number of pyridine rings is 1. The van der Waals surface area contributed by atoms with Crippen molar-refractivity contribution in [3.8, 4) is 23.0 Å². The molecule has 1 N–H and O–H groups in total. The highest BCUT2D eigenvalue weighted by atomic mass is 16.5. The first kappa shape index (κ1) is 18.8. The third-order valence-electron chi connectivity index (χ3n) is 4.25. The van der Waals surface area contributed by atoms with E-state index in [1.54, 1.807) is 24.0 Å². The van der Waals surface area contributed by atoms with Crippen molar-refractivity contribution in [2.75, 3.05) is 20.3 Å². The molecule has 0 aromatic carbocycles. The van der Waals surface area contributed by atoms with Crippen molar-refractivity contribution in [3.05, 3.63) is 48.9 Å². The van der Waals surface area contributed by atoms with Gasteiger partial charge in [0.25, 0.3) is 0 Å². The van der Waals surface area contributed by atoms with Gasteiger partial charge in [0.1, 0.15) is 5.75 Å². The fourth-order valence-corrected chi connectivity index (χ4v) is 2.84. The standard InChI is InChI=1S/C20H25N5O2/c1-5-7-10-27-20-24-18(11-15-8-9-23-25(15)20)16-12-17(14(3)21-6-2)22-13-19(16)26-4/h5,8-9,11-14,21H,1,6-7,10H2,2-4H3. The molecule has 7 nitrogen and oxygen atoms in total. The van der Waals surface area contributed by atoms with Gasteiger partial charge in [-0.05, 0) is 38.1 Å². The summed E-state index contributed by atoms with van der Waals surface area (Å²) in [6.07, 6.45) is 6.00. The number of nitrogens with one attached hydrogen (secondary N) is 1. The highest BCUT2D eigenvalue weighted by molar-refractivity contribution is 5.71. The SMILES string of the molecule is C=CCCOc1nc(-c2cc(C(C)NCC)ncc2OC)cc2ccnn12. The van der Waals surface area contributed by atoms with Gasteiger partial charge in [-0.15, -0.1) is 6.58 Å². The Morgan fingerprint density at radius 1 is 1.37 bits per heavy atom. The van der Waals surface area contributed by atoms with Crippen molar-refractivity contribution < 1.29 is 9.47 Å². The summed E-state index contributed by atoms with van der Waals surface area (Å²) in [5.41, 5.74) is 3.44. The molecule has 0 radical (unpaired) electrons. The monoisotopic (exact) mass is 367 g/mol. The molecule has 27 heavy (non-hydrogen) atoms. The van der Waals surface area contributed by atoms with Crippen LogP contribution in [0.2, 0.25) is 0 Å². The number of hydrogen-bond acceptors (Lipinski definition) is 6. The van der Waals surface area contributed by atoms with Crippen LogP contribution < -0.4 is 14.8 Å². The Balaban J connectivity index is 2.07. The zero-order valence-electron chi connectivity index (χ0n) is 16.0. The molecule has 0 aliphatic rings. The largest absolute Gasteiger partial charge is 0.494 e. The van der Waals surface area contributed by atoms with Crippen LogP contribution in [0.25, 0.3) is 16.8 Å². The normalized spacial score (nSPS) is 12.1. The summed E-state index contributed by atoms with van der Waals surface area (Å²) in [5, 5.41) is 7.67. The smallest absolute Gasteiger partial charge is 0.318 e. The lowest BCUT2D eigenvalue weighted by Crippen LogP contribution is -2.18. The number of hydrogen-bond donors (Lipinski definition) is 1. The van der Waals surface area contributed by atoms with Gasteiger partial charge >= 0.3 is 6.01 Å². The third kappa shape index (κ3) is 4.09. The van der Waals surface area contributed by atoms with Crippen LogP contribution in [-0.4, -0.2) is 39.8 Å². The fourth-order valence-electron chi connectivity index (χ4n) is 2.84. The molecule has 0 aliphatic heterocycles. The van der Waals surface area contributed by atoms with Gasteiger partial charge in [0.2, 0.25) is 0 Å². The number of rotatable bonds is 9. The van der Waals surface area contributed by atoms with Gasteiger partial charge in [0.15, 0.2) is 0 Å². The van der Waals surface area contributed by atoms with Gasteiger partial charge in [-0.2, -0.15) is 14.6 Å². The number of nitrogens with zero attached hydrogens (tertiary/aromatic N) is 4. The third-order valence-corrected chi connectivity index (χ3v) is 4.25. The van der Waals surface area contributed by atoms with Gasteiger partial charge < -0.3 is 14.8 Å². The van der Waals surface area contributed by atoms with E-state index in [4.69, 9.17) is 9.47 Å². The maximum atomic E-state index is 5.82. The minimum absolute atomic E-state index is 0.127. The van der Waals surface area contributed by atoms with Gasteiger partial charge in [-0.1, -0.05) is 13.0 Å². The molecule has 0 bridgehead atoms. The second-order valence-electron chi connectivity index (χ2n) is 6.11. The maximum Gasteiger partial charge on any atom is 0.318 e. The summed E-state index contributed by atoms with van der Waals surface area (Å²) in [6, 6.07) is 6.46. The summed E-state index contributed by atoms with van der Waals surface area (Å²) in [7, 11) is 1.63. The molecule has 0 saturated carbocycles. The molecule has 0 fully saturated rings. The molecule has 3 aromatic heterocycles. The number of aromatic nitrogens is 4. The van der Waals surface area contributed by atoms with Crippen LogP contribution in [0.5, 0.6) is 11.8 Å². The molecule has 0 saturated heterocycles. The minimum atomic E-state index is 0.127. The molecule has 0 aliphatic carbocycles. The van der Waals surface area contributed by atoms with Crippen LogP contribution in [0, 0.1) is 0 Å². The zero-order valence-corrected chi connectivity index (χ0v) is 16.0. The highest BCUT2D eigenvalue weighted by Gasteiger charge is 2.16. The lowest BCUT2D eigenvalue weighted by Gasteiger charge is -2.15. The molecular weight excluding hydrogens is 342 g/mol. The first-order valence-corrected chi connectivity index (χ1v) is 9.04. The maximum absolute atomic E-state index is 5.82. The van der Waals surface area contributed by atoms with E-state index in [2.05, 4.69) is 40.8 Å². The van der Waals surface area contributed by atoms with E-state index in [1.165, 1.54) is 0 Å². The van der Waals surface area contributed by atoms with E-state index in [1.807, 2.05) is 24.3 Å². The molecule has 1 atom stereocenters. The molecule has 3 heterocycles. The van der Waals surface area contributed by atoms with Crippen LogP contribution in [0.15, 0.2) is 43.2 Å². The summed E-state index contributed by atoms with van der Waals surface area (Å²) in [6.45, 7) is 9.23. The molecule has 7 heteroatoms. The Kier molecular flexibility index (Phi) is 6.03. The fraction of sp³-hybridized carbons (Fsp3) is 0.350. The van der Waals surface area contributed by atoms with E-state index >= 15 is 0 Å². The van der Waals surface area contributed by atoms with E-state index in [0.29, 0.717) is 18.4 Å². The van der Waals surface area contributed by atoms with E-state index < -0.39 is 0 Å². The summed E-state index contributed by atoms with van der Waals surface area (Å²) < 4.78 is 13.0. The van der Waals surface area contributed by atoms with Gasteiger partial charge in [-0.25, -0.2) is 0 Å². The van der Waals surface area contributed by atoms with Crippen molar-refractivity contribution in [2.45, 2.75) is 26.3 Å². The van der Waals surface area contributed by atoms with Crippen molar-refractivity contribution in [1.29, 1.82) is 0 Å². The Labute approximate surface area is 159 Å². The number of methoxy groups -OCH3 is 1. The van der Waals surface area contributed by atoms with E-state index in [9.17, 15) is 0 Å². The zero-order chi connectivity index (χ0) is 19.2. The first-order valence-electron chi connectivity index (χ1n) is 9.04. The second kappa shape index (κ2) is 8.64. The number of ether oxygens (including phenoxy) is 2. The van der Waals surface area contributed by atoms with E-state index in [-0.39, 0.29) is 6.04 Å². The second-order valence-corrected chi connectivity index (χ2v) is 6.11. The van der Waals surface area contributed by atoms with Crippen LogP contribution in [0.3, 0.4) is 0 Å². The Bertz CT molecular complexity index is 922. The predicted molar refractivity (Wildman–Crippen MR) is 105 cm³/mol. The van der Waals surface area contributed by atoms with Crippen molar-refractivity contribution in [2.24, 2.45) is 0 Å². The van der Waals surface area contributed by atoms with Gasteiger partial charge in [0.05, 0.1) is 43.0 Å².